The maximum atomic E-state index is 11.5. The summed E-state index contributed by atoms with van der Waals surface area (Å²) < 4.78 is 4.84. The molecule has 14 heavy (non-hydrogen) atoms. The van der Waals surface area contributed by atoms with Gasteiger partial charge in [-0.15, -0.1) is 0 Å². The van der Waals surface area contributed by atoms with Crippen LogP contribution in [0.3, 0.4) is 0 Å². The first kappa shape index (κ1) is 10.8. The first-order chi connectivity index (χ1) is 6.74. The Balaban J connectivity index is 2.52. The van der Waals surface area contributed by atoms with Gasteiger partial charge in [-0.2, -0.15) is 0 Å². The van der Waals surface area contributed by atoms with Crippen LogP contribution in [0, 0.1) is 0 Å². The van der Waals surface area contributed by atoms with Crippen molar-refractivity contribution in [2.24, 2.45) is 0 Å². The van der Waals surface area contributed by atoms with Crippen molar-refractivity contribution in [3.8, 4) is 0 Å². The van der Waals surface area contributed by atoms with Crippen molar-refractivity contribution in [2.75, 3.05) is 20.3 Å². The minimum absolute atomic E-state index is 0.0502. The Morgan fingerprint density at radius 1 is 1.57 bits per heavy atom. The highest BCUT2D eigenvalue weighted by atomic mass is 16.5. The lowest BCUT2D eigenvalue weighted by molar-refractivity contribution is 0.0937. The van der Waals surface area contributed by atoms with Crippen molar-refractivity contribution in [2.45, 2.75) is 0 Å². The number of nitrogens with one attached hydrogen (secondary N) is 1. The molecule has 0 radical (unpaired) electrons. The third kappa shape index (κ3) is 3.22. The molecule has 1 N–H and O–H groups in total. The van der Waals surface area contributed by atoms with Crippen molar-refractivity contribution in [3.05, 3.63) is 29.8 Å². The highest BCUT2D eigenvalue weighted by Gasteiger charge is 2.03. The molecule has 0 saturated carbocycles. The van der Waals surface area contributed by atoms with E-state index in [1.54, 1.807) is 13.2 Å². The van der Waals surface area contributed by atoms with Crippen LogP contribution in [0.2, 0.25) is 0 Å². The number of methoxy groups -OCH3 is 1. The molecule has 4 heteroatoms. The van der Waals surface area contributed by atoms with Gasteiger partial charge in [-0.25, -0.2) is 0 Å². The number of hydrogen-bond acceptors (Lipinski definition) is 2. The SMILES string of the molecule is Bc1cccc(C(=O)NCCOC)c1. The standard InChI is InChI=1S/C10H14BNO2/c1-14-6-5-12-10(13)8-3-2-4-9(11)7-8/h2-4,7H,5-6,11H2,1H3,(H,12,13). The van der Waals surface area contributed by atoms with E-state index in [1.165, 1.54) is 0 Å². The van der Waals surface area contributed by atoms with E-state index in [4.69, 9.17) is 4.74 Å². The van der Waals surface area contributed by atoms with E-state index < -0.39 is 0 Å². The van der Waals surface area contributed by atoms with Crippen LogP contribution in [0.5, 0.6) is 0 Å². The monoisotopic (exact) mass is 191 g/mol. The molecule has 0 aromatic heterocycles. The van der Waals surface area contributed by atoms with Gasteiger partial charge in [-0.1, -0.05) is 23.7 Å². The van der Waals surface area contributed by atoms with Gasteiger partial charge in [0.15, 0.2) is 0 Å². The zero-order chi connectivity index (χ0) is 10.4. The van der Waals surface area contributed by atoms with Crippen molar-refractivity contribution in [3.63, 3.8) is 0 Å². The molecule has 3 nitrogen and oxygen atoms in total. The fourth-order valence-electron chi connectivity index (χ4n) is 1.15. The summed E-state index contributed by atoms with van der Waals surface area (Å²) in [7, 11) is 3.57. The summed E-state index contributed by atoms with van der Waals surface area (Å²) in [5, 5.41) is 2.76. The molecule has 0 bridgehead atoms. The number of carbonyl (C=O) groups is 1. The molecule has 0 fully saturated rings. The topological polar surface area (TPSA) is 38.3 Å². The number of ether oxygens (including phenoxy) is 1. The average Bonchev–Trinajstić information content (AvgIpc) is 2.18. The molecule has 0 aliphatic heterocycles. The van der Waals surface area contributed by atoms with Crippen LogP contribution in [-0.4, -0.2) is 34.0 Å². The second-order valence-electron chi connectivity index (χ2n) is 3.12. The first-order valence-electron chi connectivity index (χ1n) is 4.58. The van der Waals surface area contributed by atoms with Crippen molar-refractivity contribution < 1.29 is 9.53 Å². The van der Waals surface area contributed by atoms with Gasteiger partial charge < -0.3 is 10.1 Å². The number of amides is 1. The molecule has 0 saturated heterocycles. The molecule has 1 amide bonds. The van der Waals surface area contributed by atoms with Gasteiger partial charge in [0.05, 0.1) is 6.61 Å². The van der Waals surface area contributed by atoms with Crippen LogP contribution < -0.4 is 10.8 Å². The Hall–Kier alpha value is -1.29. The van der Waals surface area contributed by atoms with Crippen LogP contribution in [0.1, 0.15) is 10.4 Å². The Kier molecular flexibility index (Phi) is 4.20. The smallest absolute Gasteiger partial charge is 0.251 e. The largest absolute Gasteiger partial charge is 0.383 e. The fraction of sp³-hybridized carbons (Fsp3) is 0.300. The van der Waals surface area contributed by atoms with E-state index in [-0.39, 0.29) is 5.91 Å². The van der Waals surface area contributed by atoms with E-state index >= 15 is 0 Å². The minimum atomic E-state index is -0.0502. The van der Waals surface area contributed by atoms with Crippen molar-refractivity contribution >= 4 is 19.2 Å². The second kappa shape index (κ2) is 5.45. The highest BCUT2D eigenvalue weighted by Crippen LogP contribution is 1.95. The first-order valence-corrected chi connectivity index (χ1v) is 4.58. The molecule has 0 aliphatic rings. The van der Waals surface area contributed by atoms with E-state index in [0.29, 0.717) is 18.7 Å². The minimum Gasteiger partial charge on any atom is -0.383 e. The van der Waals surface area contributed by atoms with Crippen molar-refractivity contribution in [1.29, 1.82) is 0 Å². The molecule has 0 heterocycles. The summed E-state index contributed by atoms with van der Waals surface area (Å²) >= 11 is 0. The molecule has 0 unspecified atom stereocenters. The zero-order valence-corrected chi connectivity index (χ0v) is 8.54. The van der Waals surface area contributed by atoms with E-state index in [2.05, 4.69) is 5.32 Å². The quantitative estimate of drug-likeness (QED) is 0.505. The van der Waals surface area contributed by atoms with Crippen LogP contribution in [0.15, 0.2) is 24.3 Å². The zero-order valence-electron chi connectivity index (χ0n) is 8.54. The van der Waals surface area contributed by atoms with Gasteiger partial charge in [0, 0.05) is 19.2 Å². The van der Waals surface area contributed by atoms with Crippen LogP contribution in [0.4, 0.5) is 0 Å². The summed E-state index contributed by atoms with van der Waals surface area (Å²) in [6.45, 7) is 1.08. The van der Waals surface area contributed by atoms with Crippen LogP contribution in [-0.2, 0) is 4.74 Å². The van der Waals surface area contributed by atoms with Gasteiger partial charge in [0.2, 0.25) is 0 Å². The summed E-state index contributed by atoms with van der Waals surface area (Å²) in [6, 6.07) is 7.50. The van der Waals surface area contributed by atoms with Gasteiger partial charge in [-0.3, -0.25) is 4.79 Å². The Morgan fingerprint density at radius 3 is 3.00 bits per heavy atom. The van der Waals surface area contributed by atoms with E-state index in [1.807, 2.05) is 26.0 Å². The molecule has 0 spiro atoms. The normalized spacial score (nSPS) is 9.79. The third-order valence-corrected chi connectivity index (χ3v) is 1.87. The van der Waals surface area contributed by atoms with Gasteiger partial charge in [0.25, 0.3) is 5.91 Å². The molecule has 0 atom stereocenters. The van der Waals surface area contributed by atoms with Gasteiger partial charge in [-0.05, 0) is 6.07 Å². The molecule has 74 valence electrons. The Morgan fingerprint density at radius 2 is 2.36 bits per heavy atom. The Bertz CT molecular complexity index is 315. The maximum Gasteiger partial charge on any atom is 0.251 e. The number of hydrogen-bond donors (Lipinski definition) is 1. The van der Waals surface area contributed by atoms with Gasteiger partial charge >= 0.3 is 0 Å². The van der Waals surface area contributed by atoms with Crippen LogP contribution >= 0.6 is 0 Å². The number of rotatable bonds is 4. The predicted molar refractivity (Wildman–Crippen MR) is 58.8 cm³/mol. The van der Waals surface area contributed by atoms with E-state index in [9.17, 15) is 4.79 Å². The number of carbonyl (C=O) groups excluding carboxylic acids is 1. The summed E-state index contributed by atoms with van der Waals surface area (Å²) in [5.74, 6) is -0.0502. The van der Waals surface area contributed by atoms with Crippen LogP contribution in [0.25, 0.3) is 0 Å². The maximum absolute atomic E-state index is 11.5. The lowest BCUT2D eigenvalue weighted by Gasteiger charge is -2.04. The summed E-state index contributed by atoms with van der Waals surface area (Å²) in [6.07, 6.45) is 0. The lowest BCUT2D eigenvalue weighted by Crippen LogP contribution is -2.27. The van der Waals surface area contributed by atoms with Crippen molar-refractivity contribution in [1.82, 2.24) is 5.32 Å². The molecule has 1 aromatic carbocycles. The summed E-state index contributed by atoms with van der Waals surface area (Å²) in [5.41, 5.74) is 1.78. The Labute approximate surface area is 84.9 Å². The third-order valence-electron chi connectivity index (χ3n) is 1.87. The molecular formula is C10H14BNO2. The molecule has 0 aliphatic carbocycles. The lowest BCUT2D eigenvalue weighted by atomic mass is 9.94. The predicted octanol–water partition coefficient (Wildman–Crippen LogP) is -0.679. The molecule has 1 rings (SSSR count). The molecular weight excluding hydrogens is 177 g/mol. The number of benzene rings is 1. The molecule has 1 aromatic rings. The fourth-order valence-corrected chi connectivity index (χ4v) is 1.15. The second-order valence-corrected chi connectivity index (χ2v) is 3.12. The van der Waals surface area contributed by atoms with E-state index in [0.717, 1.165) is 5.46 Å². The summed E-state index contributed by atoms with van der Waals surface area (Å²) in [4.78, 5) is 11.5. The average molecular weight is 191 g/mol. The van der Waals surface area contributed by atoms with Gasteiger partial charge in [0.1, 0.15) is 7.85 Å². The highest BCUT2D eigenvalue weighted by molar-refractivity contribution is 6.32.